The molecule has 0 spiro atoms. The number of alkyl halides is 5. The molecule has 0 bridgehead atoms. The molecule has 8 nitrogen and oxygen atoms in total. The molecule has 0 aliphatic heterocycles. The molecular formula is C26H35F5N4O4S. The summed E-state index contributed by atoms with van der Waals surface area (Å²) in [5, 5.41) is 6.82. The minimum atomic E-state index is -4.54. The fourth-order valence-electron chi connectivity index (χ4n) is 4.91. The topological polar surface area (TPSA) is 103 Å². The van der Waals surface area contributed by atoms with Crippen molar-refractivity contribution < 1.29 is 39.9 Å². The molecule has 0 radical (unpaired) electrons. The molecule has 2 aromatic heterocycles. The van der Waals surface area contributed by atoms with Crippen LogP contribution in [0.2, 0.25) is 0 Å². The van der Waals surface area contributed by atoms with E-state index >= 15 is 0 Å². The number of hydrogen-bond acceptors (Lipinski definition) is 6. The average Bonchev–Trinajstić information content (AvgIpc) is 3.17. The van der Waals surface area contributed by atoms with Gasteiger partial charge < -0.3 is 10.1 Å². The van der Waals surface area contributed by atoms with Crippen LogP contribution in [0.25, 0.3) is 11.3 Å². The van der Waals surface area contributed by atoms with E-state index in [-0.39, 0.29) is 40.4 Å². The highest BCUT2D eigenvalue weighted by Crippen LogP contribution is 2.41. The Labute approximate surface area is 230 Å². The van der Waals surface area contributed by atoms with Crippen LogP contribution >= 0.6 is 0 Å². The number of nitrogens with one attached hydrogen (secondary N) is 1. The third-order valence-electron chi connectivity index (χ3n) is 7.42. The van der Waals surface area contributed by atoms with Gasteiger partial charge in [-0.3, -0.25) is 9.48 Å². The highest BCUT2D eigenvalue weighted by atomic mass is 32.2. The Kier molecular flexibility index (Phi) is 9.52. The number of sulfone groups is 1. The van der Waals surface area contributed by atoms with Gasteiger partial charge in [-0.15, -0.1) is 0 Å². The van der Waals surface area contributed by atoms with Crippen LogP contribution in [-0.4, -0.2) is 59.9 Å². The molecule has 3 rings (SSSR count). The summed E-state index contributed by atoms with van der Waals surface area (Å²) in [6, 6.07) is 2.67. The second-order valence-electron chi connectivity index (χ2n) is 10.9. The molecule has 0 aromatic carbocycles. The molecule has 1 fully saturated rings. The number of nitrogens with zero attached hydrogens (tertiary/aromatic N) is 3. The zero-order chi connectivity index (χ0) is 30.0. The summed E-state index contributed by atoms with van der Waals surface area (Å²) in [6.45, 7) is 2.62. The maximum Gasteiger partial charge on any atom is 0.394 e. The van der Waals surface area contributed by atoms with Gasteiger partial charge in [-0.05, 0) is 57.6 Å². The lowest BCUT2D eigenvalue weighted by atomic mass is 9.87. The molecule has 14 heteroatoms. The fourth-order valence-corrected chi connectivity index (χ4v) is 6.04. The molecule has 1 aliphatic rings. The second kappa shape index (κ2) is 12.0. The lowest BCUT2D eigenvalue weighted by Crippen LogP contribution is -2.34. The van der Waals surface area contributed by atoms with Crippen LogP contribution in [0.5, 0.6) is 5.88 Å². The fraction of sp³-hybridized carbons (Fsp3) is 0.654. The smallest absolute Gasteiger partial charge is 0.394 e. The molecular weight excluding hydrogens is 559 g/mol. The number of rotatable bonds is 10. The van der Waals surface area contributed by atoms with Crippen molar-refractivity contribution in [3.63, 3.8) is 0 Å². The van der Waals surface area contributed by atoms with Crippen molar-refractivity contribution in [3.8, 4) is 17.1 Å². The van der Waals surface area contributed by atoms with Crippen LogP contribution in [0.3, 0.4) is 0 Å². The number of carbonyl (C=O) groups excluding carboxylic acids is 1. The van der Waals surface area contributed by atoms with Crippen LogP contribution in [0.4, 0.5) is 22.0 Å². The van der Waals surface area contributed by atoms with E-state index in [1.165, 1.54) is 23.1 Å². The number of carbonyl (C=O) groups is 1. The summed E-state index contributed by atoms with van der Waals surface area (Å²) >= 11 is 0. The second-order valence-corrected chi connectivity index (χ2v) is 13.2. The van der Waals surface area contributed by atoms with Crippen LogP contribution < -0.4 is 10.1 Å². The van der Waals surface area contributed by atoms with Crippen LogP contribution in [0.1, 0.15) is 68.2 Å². The van der Waals surface area contributed by atoms with E-state index in [4.69, 9.17) is 0 Å². The molecule has 40 heavy (non-hydrogen) atoms. The summed E-state index contributed by atoms with van der Waals surface area (Å²) in [6.07, 6.45) is -1.49. The molecule has 224 valence electrons. The zero-order valence-electron chi connectivity index (χ0n) is 23.1. The number of aryl methyl sites for hydroxylation is 1. The van der Waals surface area contributed by atoms with Crippen molar-refractivity contribution >= 4 is 15.7 Å². The van der Waals surface area contributed by atoms with Crippen LogP contribution in [0.15, 0.2) is 12.1 Å². The normalized spacial score (nSPS) is 18.7. The number of aromatic nitrogens is 3. The Morgan fingerprint density at radius 1 is 1.18 bits per heavy atom. The SMILES string of the molecule is CCn1nc(C(=O)NCC2CCC(S(C)(=O)=O)CC2)c(C)c1-c1ccc(CC(C)(C)C(F)(F)F)nc1OC(F)F. The minimum Gasteiger partial charge on any atom is -0.416 e. The highest BCUT2D eigenvalue weighted by molar-refractivity contribution is 7.91. The molecule has 1 aliphatic carbocycles. The van der Waals surface area contributed by atoms with Gasteiger partial charge in [0.15, 0.2) is 5.69 Å². The zero-order valence-corrected chi connectivity index (χ0v) is 23.9. The molecule has 0 atom stereocenters. The Hall–Kier alpha value is -2.77. The third-order valence-corrected chi connectivity index (χ3v) is 9.10. The first-order valence-corrected chi connectivity index (χ1v) is 15.0. The molecule has 0 saturated heterocycles. The summed E-state index contributed by atoms with van der Waals surface area (Å²) < 4.78 is 96.4. The Bertz CT molecular complexity index is 1320. The van der Waals surface area contributed by atoms with Gasteiger partial charge in [0.25, 0.3) is 5.91 Å². The molecule has 2 aromatic rings. The Morgan fingerprint density at radius 3 is 2.33 bits per heavy atom. The van der Waals surface area contributed by atoms with E-state index in [1.54, 1.807) is 13.8 Å². The van der Waals surface area contributed by atoms with E-state index in [2.05, 4.69) is 20.1 Å². The average molecular weight is 595 g/mol. The van der Waals surface area contributed by atoms with E-state index in [0.29, 0.717) is 37.8 Å². The standard InChI is InChI=1S/C26H35F5N4O4S/c1-6-35-21(19-12-9-17(33-23(19)39-24(27)28)13-25(3,4)26(29,30)31)15(2)20(34-35)22(36)32-14-16-7-10-18(11-8-16)40(5,37)38/h9,12,16,18,24H,6-8,10-11,13-14H2,1-5H3,(H,32,36). The maximum absolute atomic E-state index is 13.4. The highest BCUT2D eigenvalue weighted by Gasteiger charge is 2.47. The van der Waals surface area contributed by atoms with E-state index in [1.807, 2.05) is 0 Å². The lowest BCUT2D eigenvalue weighted by molar-refractivity contribution is -0.211. The van der Waals surface area contributed by atoms with Crippen LogP contribution in [0, 0.1) is 18.3 Å². The summed E-state index contributed by atoms with van der Waals surface area (Å²) in [7, 11) is -3.10. The van der Waals surface area contributed by atoms with Crippen molar-refractivity contribution in [2.24, 2.45) is 11.3 Å². The van der Waals surface area contributed by atoms with Crippen molar-refractivity contribution in [3.05, 3.63) is 29.1 Å². The van der Waals surface area contributed by atoms with Gasteiger partial charge >= 0.3 is 12.8 Å². The number of amides is 1. The van der Waals surface area contributed by atoms with Crippen molar-refractivity contribution in [2.45, 2.75) is 84.4 Å². The predicted molar refractivity (Wildman–Crippen MR) is 139 cm³/mol. The summed E-state index contributed by atoms with van der Waals surface area (Å²) in [5.74, 6) is -0.930. The van der Waals surface area contributed by atoms with Gasteiger partial charge in [-0.25, -0.2) is 13.4 Å². The van der Waals surface area contributed by atoms with E-state index in [9.17, 15) is 35.2 Å². The van der Waals surface area contributed by atoms with Gasteiger partial charge in [-0.2, -0.15) is 27.1 Å². The van der Waals surface area contributed by atoms with Crippen molar-refractivity contribution in [2.75, 3.05) is 12.8 Å². The van der Waals surface area contributed by atoms with E-state index in [0.717, 1.165) is 13.8 Å². The monoisotopic (exact) mass is 594 g/mol. The Morgan fingerprint density at radius 2 is 1.80 bits per heavy atom. The molecule has 2 heterocycles. The third kappa shape index (κ3) is 7.29. The van der Waals surface area contributed by atoms with Crippen molar-refractivity contribution in [1.82, 2.24) is 20.1 Å². The number of pyridine rings is 1. The number of hydrogen-bond donors (Lipinski definition) is 1. The van der Waals surface area contributed by atoms with E-state index < -0.39 is 46.2 Å². The minimum absolute atomic E-state index is 0.0620. The Balaban J connectivity index is 1.86. The quantitative estimate of drug-likeness (QED) is 0.373. The van der Waals surface area contributed by atoms with Gasteiger partial charge in [0.2, 0.25) is 5.88 Å². The molecule has 1 N–H and O–H groups in total. The van der Waals surface area contributed by atoms with Gasteiger partial charge in [0.05, 0.1) is 21.9 Å². The molecule has 0 unspecified atom stereocenters. The van der Waals surface area contributed by atoms with Crippen LogP contribution in [-0.2, 0) is 22.8 Å². The summed E-state index contributed by atoms with van der Waals surface area (Å²) in [4.78, 5) is 17.0. The number of halogens is 5. The predicted octanol–water partition coefficient (Wildman–Crippen LogP) is 5.34. The molecule has 1 saturated carbocycles. The summed E-state index contributed by atoms with van der Waals surface area (Å²) in [5.41, 5.74) is -1.45. The number of ether oxygens (including phenoxy) is 1. The first-order chi connectivity index (χ1) is 18.4. The molecule has 1 amide bonds. The lowest BCUT2D eigenvalue weighted by Gasteiger charge is -2.27. The first-order valence-electron chi connectivity index (χ1n) is 13.0. The first kappa shape index (κ1) is 31.8. The van der Waals surface area contributed by atoms with Gasteiger partial charge in [0.1, 0.15) is 9.84 Å². The van der Waals surface area contributed by atoms with Crippen molar-refractivity contribution in [1.29, 1.82) is 0 Å². The largest absolute Gasteiger partial charge is 0.416 e. The maximum atomic E-state index is 13.4. The van der Waals surface area contributed by atoms with Gasteiger partial charge in [0, 0.05) is 37.0 Å². The van der Waals surface area contributed by atoms with Gasteiger partial charge in [-0.1, -0.05) is 13.8 Å².